The highest BCUT2D eigenvalue weighted by molar-refractivity contribution is 5.89. The van der Waals surface area contributed by atoms with Crippen molar-refractivity contribution in [3.05, 3.63) is 33.2 Å². The number of pyridine rings is 1. The van der Waals surface area contributed by atoms with Crippen molar-refractivity contribution in [1.29, 1.82) is 0 Å². The molecule has 0 fully saturated rings. The Balaban J connectivity index is 3.40. The number of nitrogens with one attached hydrogen (secondary N) is 1. The first-order valence-electron chi connectivity index (χ1n) is 4.92. The van der Waals surface area contributed by atoms with Crippen molar-refractivity contribution >= 4 is 5.97 Å². The van der Waals surface area contributed by atoms with E-state index in [1.807, 2.05) is 0 Å². The Hall–Kier alpha value is -1.76. The minimum absolute atomic E-state index is 0.0242. The largest absolute Gasteiger partial charge is 0.461 e. The van der Waals surface area contributed by atoms with Gasteiger partial charge in [0.25, 0.3) is 6.43 Å². The van der Waals surface area contributed by atoms with E-state index in [2.05, 4.69) is 9.72 Å². The van der Waals surface area contributed by atoms with Gasteiger partial charge in [0.15, 0.2) is 0 Å². The van der Waals surface area contributed by atoms with Gasteiger partial charge in [0.05, 0.1) is 12.2 Å². The summed E-state index contributed by atoms with van der Waals surface area (Å²) < 4.78 is 30.2. The van der Waals surface area contributed by atoms with Gasteiger partial charge in [-0.25, -0.2) is 13.6 Å². The van der Waals surface area contributed by atoms with Gasteiger partial charge >= 0.3 is 5.97 Å². The Kier molecular flexibility index (Phi) is 4.33. The lowest BCUT2D eigenvalue weighted by molar-refractivity contribution is 0.0506. The van der Waals surface area contributed by atoms with Crippen LogP contribution >= 0.6 is 0 Å². The fourth-order valence-electron chi connectivity index (χ4n) is 1.41. The molecule has 5 nitrogen and oxygen atoms in total. The Morgan fingerprint density at radius 1 is 1.59 bits per heavy atom. The number of halogens is 2. The summed E-state index contributed by atoms with van der Waals surface area (Å²) in [6.07, 6.45) is -2.91. The molecule has 7 heteroatoms. The zero-order chi connectivity index (χ0) is 13.0. The molecule has 1 aromatic rings. The summed E-state index contributed by atoms with van der Waals surface area (Å²) in [5, 5.41) is 0. The van der Waals surface area contributed by atoms with E-state index in [4.69, 9.17) is 5.73 Å². The summed E-state index contributed by atoms with van der Waals surface area (Å²) in [7, 11) is 0. The van der Waals surface area contributed by atoms with Crippen LogP contribution in [-0.2, 0) is 11.3 Å². The van der Waals surface area contributed by atoms with Gasteiger partial charge in [0.2, 0.25) is 5.56 Å². The van der Waals surface area contributed by atoms with Gasteiger partial charge < -0.3 is 15.5 Å². The molecule has 1 heterocycles. The SMILES string of the molecule is CCOC(=O)c1[nH]c(=O)cc(CN)c1C(F)F. The summed E-state index contributed by atoms with van der Waals surface area (Å²) >= 11 is 0. The third-order valence-electron chi connectivity index (χ3n) is 2.09. The molecule has 3 N–H and O–H groups in total. The molecule has 1 aromatic heterocycles. The number of H-pyrrole nitrogens is 1. The van der Waals surface area contributed by atoms with E-state index in [1.165, 1.54) is 6.92 Å². The molecular weight excluding hydrogens is 234 g/mol. The van der Waals surface area contributed by atoms with Gasteiger partial charge in [-0.1, -0.05) is 0 Å². The Bertz CT molecular complexity index is 471. The number of carbonyl (C=O) groups excluding carboxylic acids is 1. The van der Waals surface area contributed by atoms with Crippen molar-refractivity contribution in [3.8, 4) is 0 Å². The topological polar surface area (TPSA) is 85.2 Å². The van der Waals surface area contributed by atoms with Crippen molar-refractivity contribution in [2.45, 2.75) is 19.9 Å². The normalized spacial score (nSPS) is 10.6. The second kappa shape index (κ2) is 5.53. The maximum absolute atomic E-state index is 12.8. The van der Waals surface area contributed by atoms with E-state index in [1.54, 1.807) is 0 Å². The molecule has 0 aliphatic rings. The Labute approximate surface area is 95.6 Å². The monoisotopic (exact) mass is 246 g/mol. The van der Waals surface area contributed by atoms with Gasteiger partial charge in [0, 0.05) is 12.6 Å². The molecule has 0 bridgehead atoms. The van der Waals surface area contributed by atoms with Crippen LogP contribution in [0, 0.1) is 0 Å². The number of alkyl halides is 2. The summed E-state index contributed by atoms with van der Waals surface area (Å²) in [5.74, 6) is -0.991. The van der Waals surface area contributed by atoms with Gasteiger partial charge in [-0.15, -0.1) is 0 Å². The number of rotatable bonds is 4. The molecule has 1 rings (SSSR count). The fraction of sp³-hybridized carbons (Fsp3) is 0.400. The van der Waals surface area contributed by atoms with Crippen LogP contribution in [0.2, 0.25) is 0 Å². The van der Waals surface area contributed by atoms with Crippen LogP contribution in [0.25, 0.3) is 0 Å². The van der Waals surface area contributed by atoms with Crippen molar-refractivity contribution in [2.24, 2.45) is 5.73 Å². The predicted octanol–water partition coefficient (Wildman–Crippen LogP) is 0.948. The van der Waals surface area contributed by atoms with Crippen LogP contribution in [0.3, 0.4) is 0 Å². The van der Waals surface area contributed by atoms with Crippen molar-refractivity contribution < 1.29 is 18.3 Å². The van der Waals surface area contributed by atoms with Crippen LogP contribution in [0.4, 0.5) is 8.78 Å². The number of hydrogen-bond donors (Lipinski definition) is 2. The second-order valence-corrected chi connectivity index (χ2v) is 3.17. The fourth-order valence-corrected chi connectivity index (χ4v) is 1.41. The third-order valence-corrected chi connectivity index (χ3v) is 2.09. The van der Waals surface area contributed by atoms with Crippen LogP contribution in [-0.4, -0.2) is 17.6 Å². The average Bonchev–Trinajstić information content (AvgIpc) is 2.27. The van der Waals surface area contributed by atoms with Crippen LogP contribution < -0.4 is 11.3 Å². The molecule has 0 spiro atoms. The van der Waals surface area contributed by atoms with Crippen LogP contribution in [0.5, 0.6) is 0 Å². The molecule has 0 radical (unpaired) electrons. The van der Waals surface area contributed by atoms with Crippen molar-refractivity contribution in [3.63, 3.8) is 0 Å². The van der Waals surface area contributed by atoms with E-state index in [9.17, 15) is 18.4 Å². The third kappa shape index (κ3) is 2.88. The number of carbonyl (C=O) groups is 1. The second-order valence-electron chi connectivity index (χ2n) is 3.17. The summed E-state index contributed by atoms with van der Waals surface area (Å²) in [6, 6.07) is 0.949. The maximum Gasteiger partial charge on any atom is 0.355 e. The number of hydrogen-bond acceptors (Lipinski definition) is 4. The van der Waals surface area contributed by atoms with E-state index in [0.717, 1.165) is 6.07 Å². The minimum Gasteiger partial charge on any atom is -0.461 e. The van der Waals surface area contributed by atoms with Gasteiger partial charge in [0.1, 0.15) is 5.69 Å². The lowest BCUT2D eigenvalue weighted by atomic mass is 10.1. The van der Waals surface area contributed by atoms with E-state index in [-0.39, 0.29) is 18.7 Å². The highest BCUT2D eigenvalue weighted by Crippen LogP contribution is 2.24. The highest BCUT2D eigenvalue weighted by Gasteiger charge is 2.24. The molecule has 0 saturated heterocycles. The molecule has 0 saturated carbocycles. The molecule has 0 amide bonds. The molecule has 0 atom stereocenters. The standard InChI is InChI=1S/C10H12F2N2O3/c1-2-17-10(16)8-7(9(11)12)5(4-13)3-6(15)14-8/h3,9H,2,4,13H2,1H3,(H,14,15). The molecule has 0 unspecified atom stereocenters. The smallest absolute Gasteiger partial charge is 0.355 e. The average molecular weight is 246 g/mol. The van der Waals surface area contributed by atoms with Crippen molar-refractivity contribution in [2.75, 3.05) is 6.61 Å². The summed E-state index contributed by atoms with van der Waals surface area (Å²) in [6.45, 7) is 1.30. The number of ether oxygens (including phenoxy) is 1. The maximum atomic E-state index is 12.8. The van der Waals surface area contributed by atoms with E-state index in [0.29, 0.717) is 0 Å². The minimum atomic E-state index is -2.91. The number of esters is 1. The van der Waals surface area contributed by atoms with Crippen LogP contribution in [0.15, 0.2) is 10.9 Å². The molecule has 17 heavy (non-hydrogen) atoms. The first-order chi connectivity index (χ1) is 8.01. The summed E-state index contributed by atoms with van der Waals surface area (Å²) in [4.78, 5) is 24.7. The first-order valence-corrected chi connectivity index (χ1v) is 4.92. The summed E-state index contributed by atoms with van der Waals surface area (Å²) in [5.41, 5.74) is 3.42. The highest BCUT2D eigenvalue weighted by atomic mass is 19.3. The van der Waals surface area contributed by atoms with Gasteiger partial charge in [-0.2, -0.15) is 0 Å². The predicted molar refractivity (Wildman–Crippen MR) is 55.9 cm³/mol. The first kappa shape index (κ1) is 13.3. The van der Waals surface area contributed by atoms with E-state index < -0.39 is 29.2 Å². The zero-order valence-electron chi connectivity index (χ0n) is 9.13. The quantitative estimate of drug-likeness (QED) is 0.774. The lowest BCUT2D eigenvalue weighted by Gasteiger charge is -2.11. The van der Waals surface area contributed by atoms with Gasteiger partial charge in [-0.3, -0.25) is 4.79 Å². The molecule has 0 aliphatic carbocycles. The van der Waals surface area contributed by atoms with Gasteiger partial charge in [-0.05, 0) is 12.5 Å². The Morgan fingerprint density at radius 2 is 2.24 bits per heavy atom. The van der Waals surface area contributed by atoms with Crippen LogP contribution in [0.1, 0.15) is 35.0 Å². The van der Waals surface area contributed by atoms with Crippen molar-refractivity contribution in [1.82, 2.24) is 4.98 Å². The molecule has 0 aliphatic heterocycles. The Morgan fingerprint density at radius 3 is 2.71 bits per heavy atom. The molecular formula is C10H12F2N2O3. The zero-order valence-corrected chi connectivity index (χ0v) is 9.13. The molecule has 94 valence electrons. The number of aromatic amines is 1. The number of aromatic nitrogens is 1. The lowest BCUT2D eigenvalue weighted by Crippen LogP contribution is -2.21. The number of nitrogens with two attached hydrogens (primary N) is 1. The van der Waals surface area contributed by atoms with E-state index >= 15 is 0 Å². The molecule has 0 aromatic carbocycles.